The van der Waals surface area contributed by atoms with Crippen LogP contribution in [0.3, 0.4) is 0 Å². The minimum atomic E-state index is 0.647. The summed E-state index contributed by atoms with van der Waals surface area (Å²) in [4.78, 5) is 12.4. The van der Waals surface area contributed by atoms with Crippen LogP contribution in [0.1, 0.15) is 6.42 Å². The maximum atomic E-state index is 5.86. The maximum absolute atomic E-state index is 5.86. The van der Waals surface area contributed by atoms with Crippen molar-refractivity contribution in [3.63, 3.8) is 0 Å². The second kappa shape index (κ2) is 6.56. The van der Waals surface area contributed by atoms with Gasteiger partial charge in [0.15, 0.2) is 0 Å². The van der Waals surface area contributed by atoms with E-state index in [-0.39, 0.29) is 0 Å². The third kappa shape index (κ3) is 2.85. The average molecular weight is 278 g/mol. The third-order valence-corrected chi connectivity index (χ3v) is 3.17. The van der Waals surface area contributed by atoms with Gasteiger partial charge in [-0.1, -0.05) is 0 Å². The molecule has 0 N–H and O–H groups in total. The Hall–Kier alpha value is -1.82. The Labute approximate surface area is 120 Å². The van der Waals surface area contributed by atoms with Crippen LogP contribution < -0.4 is 0 Å². The summed E-state index contributed by atoms with van der Waals surface area (Å²) in [5, 5.41) is 0. The molecule has 0 fully saturated rings. The van der Waals surface area contributed by atoms with E-state index in [4.69, 9.17) is 9.47 Å². The van der Waals surface area contributed by atoms with Crippen LogP contribution in [0.25, 0.3) is 0 Å². The third-order valence-electron chi connectivity index (χ3n) is 3.17. The number of likely N-dealkylation sites (N-methyl/N-ethyl adjacent to an activating group) is 1. The van der Waals surface area contributed by atoms with Crippen molar-refractivity contribution in [3.8, 4) is 0 Å². The van der Waals surface area contributed by atoms with E-state index in [0.29, 0.717) is 13.2 Å². The van der Waals surface area contributed by atoms with Gasteiger partial charge < -0.3 is 19.3 Å². The fraction of sp³-hybridized carbons (Fsp3) is 0.571. The first-order chi connectivity index (χ1) is 9.69. The van der Waals surface area contributed by atoms with Gasteiger partial charge in [0, 0.05) is 26.6 Å². The molecule has 0 aromatic carbocycles. The Balaban J connectivity index is 2.35. The first kappa shape index (κ1) is 14.6. The van der Waals surface area contributed by atoms with E-state index in [9.17, 15) is 0 Å². The highest BCUT2D eigenvalue weighted by atomic mass is 16.5. The normalized spacial score (nSPS) is 22.9. The van der Waals surface area contributed by atoms with Crippen LogP contribution in [0.15, 0.2) is 33.5 Å². The predicted molar refractivity (Wildman–Crippen MR) is 79.8 cm³/mol. The molecule has 0 atom stereocenters. The molecule has 0 spiro atoms. The van der Waals surface area contributed by atoms with E-state index < -0.39 is 0 Å². The Morgan fingerprint density at radius 3 is 2.75 bits per heavy atom. The zero-order valence-corrected chi connectivity index (χ0v) is 12.4. The number of aliphatic imine (C=N–C) groups is 2. The number of ether oxygens (including phenoxy) is 2. The van der Waals surface area contributed by atoms with E-state index in [2.05, 4.69) is 26.5 Å². The van der Waals surface area contributed by atoms with Gasteiger partial charge in [-0.2, -0.15) is 0 Å². The molecule has 0 aromatic heterocycles. The van der Waals surface area contributed by atoms with Crippen molar-refractivity contribution in [2.45, 2.75) is 6.42 Å². The van der Waals surface area contributed by atoms with E-state index in [1.807, 2.05) is 14.1 Å². The molecule has 2 heterocycles. The lowest BCUT2D eigenvalue weighted by atomic mass is 10.3. The molecular weight excluding hydrogens is 256 g/mol. The van der Waals surface area contributed by atoms with Crippen LogP contribution in [0.4, 0.5) is 0 Å². The van der Waals surface area contributed by atoms with Gasteiger partial charge in [0.05, 0.1) is 25.1 Å². The molecule has 0 unspecified atom stereocenters. The molecular formula is C14H22N4O2. The molecule has 0 aliphatic carbocycles. The second-order valence-corrected chi connectivity index (χ2v) is 4.91. The van der Waals surface area contributed by atoms with Gasteiger partial charge in [-0.25, -0.2) is 0 Å². The first-order valence-corrected chi connectivity index (χ1v) is 6.74. The van der Waals surface area contributed by atoms with Gasteiger partial charge in [0.25, 0.3) is 0 Å². The number of hydrogen-bond donors (Lipinski definition) is 0. The van der Waals surface area contributed by atoms with Gasteiger partial charge in [-0.3, -0.25) is 9.98 Å². The van der Waals surface area contributed by atoms with Crippen molar-refractivity contribution in [2.75, 3.05) is 47.4 Å². The van der Waals surface area contributed by atoms with Crippen molar-refractivity contribution >= 4 is 12.4 Å². The lowest BCUT2D eigenvalue weighted by Gasteiger charge is -2.24. The molecule has 0 saturated carbocycles. The summed E-state index contributed by atoms with van der Waals surface area (Å²) >= 11 is 0. The Morgan fingerprint density at radius 2 is 2.10 bits per heavy atom. The summed E-state index contributed by atoms with van der Waals surface area (Å²) in [6, 6.07) is 0. The zero-order valence-electron chi connectivity index (χ0n) is 12.4. The Morgan fingerprint density at radius 1 is 1.35 bits per heavy atom. The summed E-state index contributed by atoms with van der Waals surface area (Å²) in [5.41, 5.74) is 1.67. The molecule has 2 aliphatic heterocycles. The molecule has 0 radical (unpaired) electrons. The van der Waals surface area contributed by atoms with Crippen LogP contribution in [0, 0.1) is 0 Å². The van der Waals surface area contributed by atoms with Crippen molar-refractivity contribution in [2.24, 2.45) is 9.98 Å². The highest BCUT2D eigenvalue weighted by molar-refractivity contribution is 6.13. The SMILES string of the molecule is C=NC=C1C(=NC)C2=C(OCCCO2)N1CCN(C)C. The van der Waals surface area contributed by atoms with E-state index in [1.54, 1.807) is 13.2 Å². The highest BCUT2D eigenvalue weighted by Crippen LogP contribution is 2.32. The second-order valence-electron chi connectivity index (χ2n) is 4.91. The largest absolute Gasteiger partial charge is 0.486 e. The fourth-order valence-corrected chi connectivity index (χ4v) is 2.21. The topological polar surface area (TPSA) is 49.7 Å². The smallest absolute Gasteiger partial charge is 0.240 e. The predicted octanol–water partition coefficient (Wildman–Crippen LogP) is 1.08. The van der Waals surface area contributed by atoms with Crippen LogP contribution in [-0.2, 0) is 9.47 Å². The summed E-state index contributed by atoms with van der Waals surface area (Å²) in [7, 11) is 5.83. The summed E-state index contributed by atoms with van der Waals surface area (Å²) in [6.07, 6.45) is 2.59. The van der Waals surface area contributed by atoms with E-state index in [1.165, 1.54) is 0 Å². The zero-order chi connectivity index (χ0) is 14.5. The molecule has 110 valence electrons. The highest BCUT2D eigenvalue weighted by Gasteiger charge is 2.37. The Kier molecular flexibility index (Phi) is 4.79. The van der Waals surface area contributed by atoms with Crippen molar-refractivity contribution in [1.29, 1.82) is 0 Å². The lowest BCUT2D eigenvalue weighted by molar-refractivity contribution is 0.136. The van der Waals surface area contributed by atoms with Gasteiger partial charge in [-0.15, -0.1) is 0 Å². The summed E-state index contributed by atoms with van der Waals surface area (Å²) in [6.45, 7) is 6.52. The van der Waals surface area contributed by atoms with Crippen molar-refractivity contribution in [3.05, 3.63) is 23.5 Å². The fourth-order valence-electron chi connectivity index (χ4n) is 2.21. The first-order valence-electron chi connectivity index (χ1n) is 6.74. The molecule has 20 heavy (non-hydrogen) atoms. The monoisotopic (exact) mass is 278 g/mol. The summed E-state index contributed by atoms with van der Waals surface area (Å²) < 4.78 is 11.7. The molecule has 6 heteroatoms. The molecule has 0 saturated heterocycles. The number of rotatable bonds is 4. The van der Waals surface area contributed by atoms with Crippen molar-refractivity contribution < 1.29 is 9.47 Å². The van der Waals surface area contributed by atoms with Gasteiger partial charge in [-0.05, 0) is 20.8 Å². The van der Waals surface area contributed by atoms with Gasteiger partial charge >= 0.3 is 0 Å². The standard InChI is InChI=1S/C14H22N4O2/c1-15-10-11-12(16-2)13-14(20-9-5-8-19-13)18(11)7-6-17(3)4/h10H,1,5-9H2,2-4H3. The number of hydrogen-bond acceptors (Lipinski definition) is 6. The molecule has 6 nitrogen and oxygen atoms in total. The molecule has 2 rings (SSSR count). The van der Waals surface area contributed by atoms with Crippen LogP contribution in [0.5, 0.6) is 0 Å². The quantitative estimate of drug-likeness (QED) is 0.722. The van der Waals surface area contributed by atoms with Gasteiger partial charge in [0.1, 0.15) is 5.71 Å². The lowest BCUT2D eigenvalue weighted by Crippen LogP contribution is -2.30. The Bertz CT molecular complexity index is 466. The minimum absolute atomic E-state index is 0.647. The summed E-state index contributed by atoms with van der Waals surface area (Å²) in [5.74, 6) is 1.47. The van der Waals surface area contributed by atoms with E-state index >= 15 is 0 Å². The average Bonchev–Trinajstić information content (AvgIpc) is 2.57. The number of nitrogens with zero attached hydrogens (tertiary/aromatic N) is 4. The van der Waals surface area contributed by atoms with Crippen LogP contribution >= 0.6 is 0 Å². The maximum Gasteiger partial charge on any atom is 0.240 e. The van der Waals surface area contributed by atoms with Crippen LogP contribution in [0.2, 0.25) is 0 Å². The molecule has 0 bridgehead atoms. The molecule has 2 aliphatic rings. The molecule has 0 amide bonds. The molecule has 0 aromatic rings. The van der Waals surface area contributed by atoms with Crippen LogP contribution in [-0.4, -0.2) is 69.7 Å². The van der Waals surface area contributed by atoms with Gasteiger partial charge in [0.2, 0.25) is 11.6 Å². The minimum Gasteiger partial charge on any atom is -0.486 e. The van der Waals surface area contributed by atoms with Crippen molar-refractivity contribution in [1.82, 2.24) is 9.80 Å². The van der Waals surface area contributed by atoms with E-state index in [0.717, 1.165) is 42.6 Å².